The first-order valence-electron chi connectivity index (χ1n) is 8.21. The zero-order valence-electron chi connectivity index (χ0n) is 13.9. The van der Waals surface area contributed by atoms with Crippen molar-refractivity contribution in [2.24, 2.45) is 5.92 Å². The summed E-state index contributed by atoms with van der Waals surface area (Å²) in [5, 5.41) is 3.43. The van der Waals surface area contributed by atoms with E-state index in [2.05, 4.69) is 51.4 Å². The Hall–Kier alpha value is -2.14. The molecule has 2 aromatic rings. The van der Waals surface area contributed by atoms with Crippen molar-refractivity contribution in [1.82, 2.24) is 14.9 Å². The van der Waals surface area contributed by atoms with Gasteiger partial charge >= 0.3 is 0 Å². The highest BCUT2D eigenvalue weighted by atomic mass is 15.2. The van der Waals surface area contributed by atoms with Crippen molar-refractivity contribution >= 4 is 11.8 Å². The highest BCUT2D eigenvalue weighted by Gasteiger charge is 2.22. The number of nitrogens with one attached hydrogen (secondary N) is 1. The van der Waals surface area contributed by atoms with Crippen molar-refractivity contribution in [1.29, 1.82) is 0 Å². The number of rotatable bonds is 5. The number of nitrogens with zero attached hydrogens (tertiary/aromatic N) is 3. The van der Waals surface area contributed by atoms with Gasteiger partial charge in [0.15, 0.2) is 0 Å². The minimum absolute atomic E-state index is 0.325. The Bertz CT molecular complexity index is 670. The van der Waals surface area contributed by atoms with Crippen LogP contribution in [0.1, 0.15) is 23.1 Å². The number of aryl methyl sites for hydroxylation is 2. The Kier molecular flexibility index (Phi) is 4.76. The summed E-state index contributed by atoms with van der Waals surface area (Å²) in [6.45, 7) is 8.45. The molecule has 0 bridgehead atoms. The van der Waals surface area contributed by atoms with Crippen LogP contribution in [0.5, 0.6) is 0 Å². The molecule has 1 aliphatic rings. The molecule has 122 valence electrons. The van der Waals surface area contributed by atoms with E-state index in [-0.39, 0.29) is 0 Å². The van der Waals surface area contributed by atoms with Crippen LogP contribution in [0.25, 0.3) is 0 Å². The van der Waals surface area contributed by atoms with Crippen molar-refractivity contribution in [3.8, 4) is 0 Å². The number of nitrogens with two attached hydrogens (primary N) is 1. The lowest BCUT2D eigenvalue weighted by atomic mass is 10.1. The largest absolute Gasteiger partial charge is 0.369 e. The normalized spacial score (nSPS) is 18.3. The minimum atomic E-state index is 0.325. The quantitative estimate of drug-likeness (QED) is 0.888. The minimum Gasteiger partial charge on any atom is -0.369 e. The van der Waals surface area contributed by atoms with E-state index in [9.17, 15) is 0 Å². The second-order valence-electron chi connectivity index (χ2n) is 6.46. The highest BCUT2D eigenvalue weighted by Crippen LogP contribution is 2.21. The highest BCUT2D eigenvalue weighted by molar-refractivity contribution is 5.45. The zero-order valence-corrected chi connectivity index (χ0v) is 13.9. The molecule has 3 N–H and O–H groups in total. The third-order valence-electron chi connectivity index (χ3n) is 4.57. The van der Waals surface area contributed by atoms with E-state index in [0.29, 0.717) is 11.9 Å². The zero-order chi connectivity index (χ0) is 16.2. The van der Waals surface area contributed by atoms with Gasteiger partial charge < -0.3 is 11.1 Å². The molecule has 1 saturated heterocycles. The SMILES string of the molecule is Cc1ccccc1CN1CC[C@H](CNc2nc(N)ncc2C)C1. The summed E-state index contributed by atoms with van der Waals surface area (Å²) in [5.41, 5.74) is 9.51. The Balaban J connectivity index is 1.52. The average molecular weight is 311 g/mol. The summed E-state index contributed by atoms with van der Waals surface area (Å²) >= 11 is 0. The molecule has 1 fully saturated rings. The van der Waals surface area contributed by atoms with Crippen LogP contribution in [-0.2, 0) is 6.54 Å². The van der Waals surface area contributed by atoms with Crippen molar-refractivity contribution in [3.05, 3.63) is 47.2 Å². The lowest BCUT2D eigenvalue weighted by molar-refractivity contribution is 0.318. The van der Waals surface area contributed by atoms with Crippen LogP contribution in [0.15, 0.2) is 30.5 Å². The van der Waals surface area contributed by atoms with Crippen molar-refractivity contribution in [2.75, 3.05) is 30.7 Å². The second-order valence-corrected chi connectivity index (χ2v) is 6.46. The fourth-order valence-electron chi connectivity index (χ4n) is 3.13. The number of anilines is 2. The molecule has 5 heteroatoms. The van der Waals surface area contributed by atoms with Crippen LogP contribution >= 0.6 is 0 Å². The third kappa shape index (κ3) is 3.99. The van der Waals surface area contributed by atoms with Gasteiger partial charge in [0.1, 0.15) is 5.82 Å². The van der Waals surface area contributed by atoms with Crippen LogP contribution in [0.4, 0.5) is 11.8 Å². The maximum Gasteiger partial charge on any atom is 0.221 e. The van der Waals surface area contributed by atoms with Gasteiger partial charge in [-0.3, -0.25) is 4.90 Å². The topological polar surface area (TPSA) is 67.1 Å². The smallest absolute Gasteiger partial charge is 0.221 e. The van der Waals surface area contributed by atoms with Crippen molar-refractivity contribution < 1.29 is 0 Å². The Morgan fingerprint density at radius 1 is 1.26 bits per heavy atom. The lowest BCUT2D eigenvalue weighted by Crippen LogP contribution is -2.23. The van der Waals surface area contributed by atoms with Gasteiger partial charge in [-0.2, -0.15) is 4.98 Å². The number of nitrogen functional groups attached to an aromatic ring is 1. The number of likely N-dealkylation sites (tertiary alicyclic amines) is 1. The van der Waals surface area contributed by atoms with Gasteiger partial charge in [-0.15, -0.1) is 0 Å². The molecule has 1 aromatic heterocycles. The molecule has 3 rings (SSSR count). The molecule has 2 heterocycles. The van der Waals surface area contributed by atoms with Gasteiger partial charge in [-0.25, -0.2) is 4.98 Å². The van der Waals surface area contributed by atoms with Gasteiger partial charge in [0.05, 0.1) is 0 Å². The third-order valence-corrected chi connectivity index (χ3v) is 4.57. The molecule has 23 heavy (non-hydrogen) atoms. The maximum absolute atomic E-state index is 5.66. The van der Waals surface area contributed by atoms with E-state index in [1.807, 2.05) is 6.92 Å². The van der Waals surface area contributed by atoms with Crippen molar-refractivity contribution in [2.45, 2.75) is 26.8 Å². The predicted octanol–water partition coefficient (Wildman–Crippen LogP) is 2.61. The average Bonchev–Trinajstić information content (AvgIpc) is 2.98. The first kappa shape index (κ1) is 15.7. The van der Waals surface area contributed by atoms with Crippen LogP contribution in [-0.4, -0.2) is 34.5 Å². The Morgan fingerprint density at radius 2 is 2.09 bits per heavy atom. The Morgan fingerprint density at radius 3 is 2.91 bits per heavy atom. The van der Waals surface area contributed by atoms with Gasteiger partial charge in [0.25, 0.3) is 0 Å². The van der Waals surface area contributed by atoms with Crippen LogP contribution in [0.2, 0.25) is 0 Å². The number of aromatic nitrogens is 2. The predicted molar refractivity (Wildman–Crippen MR) is 94.2 cm³/mol. The second kappa shape index (κ2) is 6.96. The fraction of sp³-hybridized carbons (Fsp3) is 0.444. The summed E-state index contributed by atoms with van der Waals surface area (Å²) in [6, 6.07) is 8.64. The number of hydrogen-bond donors (Lipinski definition) is 2. The van der Waals surface area contributed by atoms with Crippen LogP contribution in [0, 0.1) is 19.8 Å². The fourth-order valence-corrected chi connectivity index (χ4v) is 3.13. The number of hydrogen-bond acceptors (Lipinski definition) is 5. The van der Waals surface area contributed by atoms with E-state index in [1.54, 1.807) is 6.20 Å². The molecule has 0 spiro atoms. The summed E-state index contributed by atoms with van der Waals surface area (Å²) < 4.78 is 0. The molecule has 0 amide bonds. The van der Waals surface area contributed by atoms with Gasteiger partial charge in [-0.05, 0) is 43.9 Å². The summed E-state index contributed by atoms with van der Waals surface area (Å²) in [5.74, 6) is 1.83. The maximum atomic E-state index is 5.66. The molecule has 0 unspecified atom stereocenters. The first-order chi connectivity index (χ1) is 11.1. The summed E-state index contributed by atoms with van der Waals surface area (Å²) in [7, 11) is 0. The molecule has 5 nitrogen and oxygen atoms in total. The van der Waals surface area contributed by atoms with Crippen LogP contribution in [0.3, 0.4) is 0 Å². The molecule has 0 saturated carbocycles. The van der Waals surface area contributed by atoms with Gasteiger partial charge in [-0.1, -0.05) is 24.3 Å². The first-order valence-corrected chi connectivity index (χ1v) is 8.21. The summed E-state index contributed by atoms with van der Waals surface area (Å²) in [6.07, 6.45) is 2.99. The van der Waals surface area contributed by atoms with E-state index in [4.69, 9.17) is 5.73 Å². The van der Waals surface area contributed by atoms with E-state index in [0.717, 1.165) is 37.6 Å². The number of benzene rings is 1. The lowest BCUT2D eigenvalue weighted by Gasteiger charge is -2.18. The molecular formula is C18H25N5. The Labute approximate surface area is 137 Å². The molecule has 1 aromatic carbocycles. The molecule has 0 radical (unpaired) electrons. The molecule has 0 aliphatic carbocycles. The van der Waals surface area contributed by atoms with E-state index in [1.165, 1.54) is 17.5 Å². The standard InChI is InChI=1S/C18H25N5/c1-13-5-3-4-6-16(13)12-23-8-7-15(11-23)10-20-17-14(2)9-21-18(19)22-17/h3-6,9,15H,7-8,10-12H2,1-2H3,(H3,19,20,21,22)/t15-/m1/s1. The van der Waals surface area contributed by atoms with Gasteiger partial charge in [0.2, 0.25) is 5.95 Å². The monoisotopic (exact) mass is 311 g/mol. The molecular weight excluding hydrogens is 286 g/mol. The van der Waals surface area contributed by atoms with E-state index < -0.39 is 0 Å². The van der Waals surface area contributed by atoms with Crippen LogP contribution < -0.4 is 11.1 Å². The van der Waals surface area contributed by atoms with Crippen molar-refractivity contribution in [3.63, 3.8) is 0 Å². The van der Waals surface area contributed by atoms with E-state index >= 15 is 0 Å². The molecule has 1 aliphatic heterocycles. The summed E-state index contributed by atoms with van der Waals surface area (Å²) in [4.78, 5) is 10.8. The van der Waals surface area contributed by atoms with Gasteiger partial charge in [0, 0.05) is 31.4 Å². The molecule has 1 atom stereocenters.